The van der Waals surface area contributed by atoms with Crippen molar-refractivity contribution in [1.82, 2.24) is 10.2 Å². The first-order valence-corrected chi connectivity index (χ1v) is 16.6. The Morgan fingerprint density at radius 2 is 1.44 bits per heavy atom. The predicted octanol–water partition coefficient (Wildman–Crippen LogP) is 6.32. The van der Waals surface area contributed by atoms with Crippen LogP contribution in [0.3, 0.4) is 0 Å². The topological polar surface area (TPSA) is 86.8 Å². The lowest BCUT2D eigenvalue weighted by atomic mass is 10.0. The van der Waals surface area contributed by atoms with Crippen LogP contribution in [-0.2, 0) is 32.6 Å². The number of anilines is 1. The summed E-state index contributed by atoms with van der Waals surface area (Å²) in [5, 5.41) is 5.14. The van der Waals surface area contributed by atoms with Crippen molar-refractivity contribution in [2.24, 2.45) is 5.92 Å². The molecule has 0 aromatic heterocycles. The number of rotatable bonds is 12. The maximum Gasteiger partial charge on any atom is 0.244 e. The van der Waals surface area contributed by atoms with Gasteiger partial charge in [0.15, 0.2) is 0 Å². The molecule has 0 saturated carbocycles. The molecule has 1 atom stereocenters. The molecule has 226 valence electrons. The van der Waals surface area contributed by atoms with E-state index in [1.165, 1.54) is 4.90 Å². The number of hydrogen-bond donors (Lipinski definition) is 1. The lowest BCUT2D eigenvalue weighted by Crippen LogP contribution is -2.53. The Balaban J connectivity index is 1.81. The second-order valence-corrected chi connectivity index (χ2v) is 13.6. The van der Waals surface area contributed by atoms with Gasteiger partial charge in [-0.1, -0.05) is 110 Å². The van der Waals surface area contributed by atoms with Crippen molar-refractivity contribution >= 4 is 61.5 Å². The zero-order valence-corrected chi connectivity index (χ0v) is 26.7. The summed E-state index contributed by atoms with van der Waals surface area (Å²) >= 11 is 13.1. The van der Waals surface area contributed by atoms with Crippen LogP contribution in [0.4, 0.5) is 5.69 Å². The Kier molecular flexibility index (Phi) is 10.7. The highest BCUT2D eigenvalue weighted by molar-refractivity contribution is 7.92. The quantitative estimate of drug-likeness (QED) is 0.196. The number of nitrogens with one attached hydrogen (secondary N) is 1. The Morgan fingerprint density at radius 1 is 0.837 bits per heavy atom. The van der Waals surface area contributed by atoms with Crippen molar-refractivity contribution in [3.8, 4) is 0 Å². The van der Waals surface area contributed by atoms with Gasteiger partial charge in [-0.3, -0.25) is 13.9 Å². The number of hydrogen-bond acceptors (Lipinski definition) is 4. The third-order valence-electron chi connectivity index (χ3n) is 7.06. The highest BCUT2D eigenvalue weighted by Crippen LogP contribution is 2.30. The molecule has 7 nitrogen and oxygen atoms in total. The van der Waals surface area contributed by atoms with Crippen molar-refractivity contribution in [2.45, 2.75) is 32.9 Å². The number of nitrogens with zero attached hydrogens (tertiary/aromatic N) is 2. The molecule has 0 fully saturated rings. The minimum atomic E-state index is -3.92. The monoisotopic (exact) mass is 639 g/mol. The van der Waals surface area contributed by atoms with E-state index in [0.29, 0.717) is 33.2 Å². The lowest BCUT2D eigenvalue weighted by Gasteiger charge is -2.34. The molecular weight excluding hydrogens is 605 g/mol. The summed E-state index contributed by atoms with van der Waals surface area (Å²) in [4.78, 5) is 29.5. The molecule has 4 rings (SSSR count). The molecule has 0 aliphatic rings. The van der Waals surface area contributed by atoms with Crippen molar-refractivity contribution in [3.05, 3.63) is 112 Å². The summed E-state index contributed by atoms with van der Waals surface area (Å²) in [6, 6.07) is 26.1. The predicted molar refractivity (Wildman–Crippen MR) is 175 cm³/mol. The standard InChI is InChI=1S/C33H35Cl2N3O4S/c1-23(2)20-36-33(40)31(19-24-11-5-4-6-12-24)37(21-27-28(34)16-10-17-29(27)35)32(39)22-38(43(3,41)42)30-18-9-14-25-13-7-8-15-26(25)30/h4-18,23,31H,19-22H2,1-3H3,(H,36,40). The van der Waals surface area contributed by atoms with Gasteiger partial charge in [0, 0.05) is 40.5 Å². The third-order valence-corrected chi connectivity index (χ3v) is 8.89. The van der Waals surface area contributed by atoms with Crippen molar-refractivity contribution in [3.63, 3.8) is 0 Å². The molecule has 0 aliphatic heterocycles. The number of benzene rings is 4. The maximum atomic E-state index is 14.4. The van der Waals surface area contributed by atoms with Gasteiger partial charge in [0.05, 0.1) is 11.9 Å². The first-order valence-electron chi connectivity index (χ1n) is 13.9. The fraction of sp³-hybridized carbons (Fsp3) is 0.273. The second kappa shape index (κ2) is 14.3. The molecule has 4 aromatic carbocycles. The van der Waals surface area contributed by atoms with E-state index >= 15 is 0 Å². The molecule has 2 amide bonds. The van der Waals surface area contributed by atoms with E-state index in [4.69, 9.17) is 23.2 Å². The van der Waals surface area contributed by atoms with Crippen LogP contribution in [0.25, 0.3) is 10.8 Å². The third kappa shape index (κ3) is 8.28. The average Bonchev–Trinajstić information content (AvgIpc) is 2.97. The number of fused-ring (bicyclic) bond motifs is 1. The number of carbonyl (C=O) groups is 2. The van der Waals surface area contributed by atoms with Crippen molar-refractivity contribution < 1.29 is 18.0 Å². The summed E-state index contributed by atoms with van der Waals surface area (Å²) in [7, 11) is -3.92. The van der Waals surface area contributed by atoms with Crippen LogP contribution in [0.2, 0.25) is 10.0 Å². The van der Waals surface area contributed by atoms with Crippen LogP contribution >= 0.6 is 23.2 Å². The smallest absolute Gasteiger partial charge is 0.244 e. The summed E-state index contributed by atoms with van der Waals surface area (Å²) in [5.41, 5.74) is 1.67. The summed E-state index contributed by atoms with van der Waals surface area (Å²) in [6.45, 7) is 3.74. The van der Waals surface area contributed by atoms with Gasteiger partial charge >= 0.3 is 0 Å². The number of amides is 2. The maximum absolute atomic E-state index is 14.4. The van der Waals surface area contributed by atoms with E-state index in [1.807, 2.05) is 74.5 Å². The lowest BCUT2D eigenvalue weighted by molar-refractivity contribution is -0.140. The molecule has 0 spiro atoms. The van der Waals surface area contributed by atoms with Crippen molar-refractivity contribution in [2.75, 3.05) is 23.7 Å². The minimum Gasteiger partial charge on any atom is -0.354 e. The van der Waals surface area contributed by atoms with Gasteiger partial charge in [-0.05, 0) is 35.1 Å². The first-order chi connectivity index (χ1) is 20.5. The van der Waals surface area contributed by atoms with Gasteiger partial charge in [-0.15, -0.1) is 0 Å². The highest BCUT2D eigenvalue weighted by atomic mass is 35.5. The van der Waals surface area contributed by atoms with Crippen LogP contribution in [0.1, 0.15) is 25.0 Å². The summed E-state index contributed by atoms with van der Waals surface area (Å²) in [5.74, 6) is -0.754. The Labute approximate surface area is 263 Å². The van der Waals surface area contributed by atoms with E-state index in [1.54, 1.807) is 30.3 Å². The molecule has 10 heteroatoms. The zero-order chi connectivity index (χ0) is 31.1. The summed E-state index contributed by atoms with van der Waals surface area (Å²) < 4.78 is 27.5. The zero-order valence-electron chi connectivity index (χ0n) is 24.3. The normalized spacial score (nSPS) is 12.2. The Hall–Kier alpha value is -3.59. The van der Waals surface area contributed by atoms with Gasteiger partial charge in [-0.2, -0.15) is 0 Å². The van der Waals surface area contributed by atoms with Gasteiger partial charge in [0.25, 0.3) is 0 Å². The van der Waals surface area contributed by atoms with Crippen LogP contribution < -0.4 is 9.62 Å². The molecule has 0 bridgehead atoms. The fourth-order valence-electron chi connectivity index (χ4n) is 4.85. The van der Waals surface area contributed by atoms with Crippen molar-refractivity contribution in [1.29, 1.82) is 0 Å². The van der Waals surface area contributed by atoms with Crippen LogP contribution in [0.5, 0.6) is 0 Å². The molecule has 1 unspecified atom stereocenters. The van der Waals surface area contributed by atoms with E-state index in [9.17, 15) is 18.0 Å². The van der Waals surface area contributed by atoms with E-state index in [-0.39, 0.29) is 24.8 Å². The Bertz CT molecular complexity index is 1670. The van der Waals surface area contributed by atoms with E-state index in [2.05, 4.69) is 5.32 Å². The van der Waals surface area contributed by atoms with Gasteiger partial charge in [-0.25, -0.2) is 8.42 Å². The first kappa shape index (κ1) is 32.3. The van der Waals surface area contributed by atoms with Gasteiger partial charge in [0.2, 0.25) is 21.8 Å². The molecule has 1 N–H and O–H groups in total. The second-order valence-electron chi connectivity index (χ2n) is 10.8. The molecule has 0 saturated heterocycles. The van der Waals surface area contributed by atoms with E-state index in [0.717, 1.165) is 21.5 Å². The molecular formula is C33H35Cl2N3O4S. The number of sulfonamides is 1. The molecule has 43 heavy (non-hydrogen) atoms. The minimum absolute atomic E-state index is 0.100. The average molecular weight is 641 g/mol. The number of halogens is 2. The van der Waals surface area contributed by atoms with Crippen LogP contribution in [0, 0.1) is 5.92 Å². The van der Waals surface area contributed by atoms with Crippen LogP contribution in [0.15, 0.2) is 91.0 Å². The molecule has 0 heterocycles. The largest absolute Gasteiger partial charge is 0.354 e. The van der Waals surface area contributed by atoms with Gasteiger partial charge in [0.1, 0.15) is 12.6 Å². The molecule has 0 aliphatic carbocycles. The van der Waals surface area contributed by atoms with Crippen LogP contribution in [-0.4, -0.2) is 50.5 Å². The fourth-order valence-corrected chi connectivity index (χ4v) is 6.23. The van der Waals surface area contributed by atoms with E-state index < -0.39 is 28.5 Å². The molecule has 0 radical (unpaired) electrons. The Morgan fingerprint density at radius 3 is 2.09 bits per heavy atom. The summed E-state index contributed by atoms with van der Waals surface area (Å²) in [6.07, 6.45) is 1.26. The van der Waals surface area contributed by atoms with Gasteiger partial charge < -0.3 is 10.2 Å². The SMILES string of the molecule is CC(C)CNC(=O)C(Cc1ccccc1)N(Cc1c(Cl)cccc1Cl)C(=O)CN(c1cccc2ccccc12)S(C)(=O)=O. The highest BCUT2D eigenvalue weighted by Gasteiger charge is 2.34. The molecule has 4 aromatic rings. The number of carbonyl (C=O) groups excluding carboxylic acids is 2.